The predicted molar refractivity (Wildman–Crippen MR) is 79.1 cm³/mol. The molecular formula is C13H20N5O3+. The summed E-state index contributed by atoms with van der Waals surface area (Å²) in [4.78, 5) is 11.4. The number of amides is 1. The molecule has 1 aromatic rings. The van der Waals surface area contributed by atoms with Crippen molar-refractivity contribution < 1.29 is 19.4 Å². The number of guanidine groups is 1. The molecule has 8 heteroatoms. The Bertz CT molecular complexity index is 539. The molecule has 8 nitrogen and oxygen atoms in total. The number of nitrogens with two attached hydrogens (primary N) is 2. The van der Waals surface area contributed by atoms with Crippen LogP contribution in [0.3, 0.4) is 0 Å². The van der Waals surface area contributed by atoms with Gasteiger partial charge in [0.15, 0.2) is 18.1 Å². The summed E-state index contributed by atoms with van der Waals surface area (Å²) in [5.74, 6) is 0.715. The average Bonchev–Trinajstić information content (AvgIpc) is 2.45. The van der Waals surface area contributed by atoms with Crippen molar-refractivity contribution in [2.24, 2.45) is 16.6 Å². The molecule has 6 N–H and O–H groups in total. The number of benzene rings is 1. The number of carbonyl (C=O) groups excluding carboxylic acids is 1. The molecule has 0 aliphatic rings. The minimum atomic E-state index is -0.190. The number of rotatable bonds is 7. The molecule has 1 rings (SSSR count). The Morgan fingerprint density at radius 1 is 1.43 bits per heavy atom. The maximum atomic E-state index is 11.4. The lowest BCUT2D eigenvalue weighted by Gasteiger charge is -2.10. The number of hydrogen-bond acceptors (Lipinski definition) is 4. The summed E-state index contributed by atoms with van der Waals surface area (Å²) in [5.41, 5.74) is 11.2. The number of nitrogens with one attached hydrogen (secondary N) is 2. The summed E-state index contributed by atoms with van der Waals surface area (Å²) >= 11 is 0. The SMILES string of the molecule is CCNC(=O)COc1ccc(/C=[NH+]/N=C(N)N)cc1OC. The number of ether oxygens (including phenoxy) is 2. The van der Waals surface area contributed by atoms with E-state index in [9.17, 15) is 4.79 Å². The monoisotopic (exact) mass is 294 g/mol. The summed E-state index contributed by atoms with van der Waals surface area (Å²) in [5, 5.41) is 8.85. The molecule has 0 saturated carbocycles. The zero-order valence-corrected chi connectivity index (χ0v) is 12.1. The van der Waals surface area contributed by atoms with Gasteiger partial charge in [0, 0.05) is 17.2 Å². The number of methoxy groups -OCH3 is 1. The Kier molecular flexibility index (Phi) is 6.52. The minimum absolute atomic E-state index is 0.0693. The fourth-order valence-electron chi connectivity index (χ4n) is 1.47. The van der Waals surface area contributed by atoms with Gasteiger partial charge in [-0.1, -0.05) is 0 Å². The summed E-state index contributed by atoms with van der Waals surface area (Å²) < 4.78 is 10.6. The van der Waals surface area contributed by atoms with E-state index in [1.807, 2.05) is 6.92 Å². The van der Waals surface area contributed by atoms with Gasteiger partial charge in [0.05, 0.1) is 7.11 Å². The molecular weight excluding hydrogens is 274 g/mol. The van der Waals surface area contributed by atoms with Crippen LogP contribution in [0.25, 0.3) is 0 Å². The molecule has 0 heterocycles. The molecule has 0 unspecified atom stereocenters. The first-order chi connectivity index (χ1) is 10.1. The summed E-state index contributed by atoms with van der Waals surface area (Å²) in [6.07, 6.45) is 1.59. The second kappa shape index (κ2) is 8.41. The van der Waals surface area contributed by atoms with Crippen LogP contribution in [0.4, 0.5) is 0 Å². The number of nitrogens with zero attached hydrogens (tertiary/aromatic N) is 1. The highest BCUT2D eigenvalue weighted by molar-refractivity contribution is 5.79. The van der Waals surface area contributed by atoms with Crippen molar-refractivity contribution in [3.63, 3.8) is 0 Å². The quantitative estimate of drug-likeness (QED) is 0.260. The molecule has 0 aliphatic heterocycles. The third-order valence-electron chi connectivity index (χ3n) is 2.35. The van der Waals surface area contributed by atoms with Crippen LogP contribution in [-0.4, -0.2) is 38.3 Å². The van der Waals surface area contributed by atoms with Gasteiger partial charge in [0.1, 0.15) is 0 Å². The first kappa shape index (κ1) is 16.3. The van der Waals surface area contributed by atoms with E-state index in [1.165, 1.54) is 7.11 Å². The van der Waals surface area contributed by atoms with Crippen molar-refractivity contribution in [3.05, 3.63) is 23.8 Å². The van der Waals surface area contributed by atoms with Gasteiger partial charge in [-0.15, -0.1) is 5.10 Å². The van der Waals surface area contributed by atoms with E-state index in [4.69, 9.17) is 20.9 Å². The van der Waals surface area contributed by atoms with Gasteiger partial charge in [-0.2, -0.15) is 0 Å². The average molecular weight is 294 g/mol. The Balaban J connectivity index is 2.77. The molecule has 0 saturated heterocycles. The molecule has 1 amide bonds. The molecule has 0 bridgehead atoms. The van der Waals surface area contributed by atoms with E-state index in [2.05, 4.69) is 15.5 Å². The van der Waals surface area contributed by atoms with Gasteiger partial charge in [-0.05, 0) is 25.1 Å². The Hall–Kier alpha value is -2.77. The highest BCUT2D eigenvalue weighted by atomic mass is 16.5. The normalized spacial score (nSPS) is 10.2. The van der Waals surface area contributed by atoms with Crippen molar-refractivity contribution in [2.75, 3.05) is 20.3 Å². The fraction of sp³-hybridized carbons (Fsp3) is 0.308. The van der Waals surface area contributed by atoms with Crippen LogP contribution < -0.4 is 31.4 Å². The molecule has 0 aromatic heterocycles. The van der Waals surface area contributed by atoms with Crippen LogP contribution in [0.15, 0.2) is 23.3 Å². The molecule has 0 radical (unpaired) electrons. The van der Waals surface area contributed by atoms with Crippen molar-refractivity contribution in [3.8, 4) is 11.5 Å². The van der Waals surface area contributed by atoms with Crippen molar-refractivity contribution in [2.45, 2.75) is 6.92 Å². The molecule has 0 spiro atoms. The minimum Gasteiger partial charge on any atom is -0.493 e. The first-order valence-corrected chi connectivity index (χ1v) is 6.31. The lowest BCUT2D eigenvalue weighted by Crippen LogP contribution is -2.63. The second-order valence-electron chi connectivity index (χ2n) is 3.96. The van der Waals surface area contributed by atoms with E-state index in [1.54, 1.807) is 24.4 Å². The smallest absolute Gasteiger partial charge is 0.257 e. The maximum Gasteiger partial charge on any atom is 0.257 e. The maximum absolute atomic E-state index is 11.4. The van der Waals surface area contributed by atoms with Crippen LogP contribution in [0.5, 0.6) is 11.5 Å². The zero-order chi connectivity index (χ0) is 15.7. The van der Waals surface area contributed by atoms with Crippen LogP contribution in [-0.2, 0) is 4.79 Å². The largest absolute Gasteiger partial charge is 0.493 e. The van der Waals surface area contributed by atoms with Crippen LogP contribution in [0, 0.1) is 0 Å². The lowest BCUT2D eigenvalue weighted by atomic mass is 10.2. The molecule has 0 fully saturated rings. The van der Waals surface area contributed by atoms with Gasteiger partial charge in [0.2, 0.25) is 6.21 Å². The standard InChI is InChI=1S/C13H19N5O3/c1-3-16-12(19)8-21-10-5-4-9(6-11(10)20-2)7-17-18-13(14)15/h4-7H,3,8H2,1-2H3,(H,16,19)(H4,14,15,18)/p+1/b17-7+. The number of likely N-dealkylation sites (N-methyl/N-ethyl adjacent to an activating group) is 1. The van der Waals surface area contributed by atoms with Gasteiger partial charge >= 0.3 is 0 Å². The van der Waals surface area contributed by atoms with E-state index in [-0.39, 0.29) is 18.5 Å². The highest BCUT2D eigenvalue weighted by Crippen LogP contribution is 2.27. The molecule has 0 atom stereocenters. The Labute approximate surface area is 122 Å². The molecule has 114 valence electrons. The van der Waals surface area contributed by atoms with E-state index in [0.717, 1.165) is 5.56 Å². The second-order valence-corrected chi connectivity index (χ2v) is 3.96. The van der Waals surface area contributed by atoms with Crippen LogP contribution in [0.1, 0.15) is 12.5 Å². The third kappa shape index (κ3) is 5.81. The van der Waals surface area contributed by atoms with Crippen molar-refractivity contribution in [1.82, 2.24) is 5.32 Å². The number of carbonyl (C=O) groups is 1. The van der Waals surface area contributed by atoms with Crippen LogP contribution >= 0.6 is 0 Å². The van der Waals surface area contributed by atoms with Crippen molar-refractivity contribution >= 4 is 18.1 Å². The number of hydrazone groups is 1. The number of hydrogen-bond donors (Lipinski definition) is 4. The third-order valence-corrected chi connectivity index (χ3v) is 2.35. The first-order valence-electron chi connectivity index (χ1n) is 6.31. The highest BCUT2D eigenvalue weighted by Gasteiger charge is 2.08. The molecule has 21 heavy (non-hydrogen) atoms. The lowest BCUT2D eigenvalue weighted by molar-refractivity contribution is -0.456. The molecule has 0 aliphatic carbocycles. The van der Waals surface area contributed by atoms with Gasteiger partial charge in [0.25, 0.3) is 11.9 Å². The van der Waals surface area contributed by atoms with Gasteiger partial charge < -0.3 is 26.3 Å². The Morgan fingerprint density at radius 2 is 2.19 bits per heavy atom. The molecule has 1 aromatic carbocycles. The topological polar surface area (TPSA) is 126 Å². The summed E-state index contributed by atoms with van der Waals surface area (Å²) in [6, 6.07) is 5.19. The fourth-order valence-corrected chi connectivity index (χ4v) is 1.47. The van der Waals surface area contributed by atoms with Gasteiger partial charge in [-0.3, -0.25) is 4.79 Å². The van der Waals surface area contributed by atoms with Crippen molar-refractivity contribution in [1.29, 1.82) is 0 Å². The van der Waals surface area contributed by atoms with E-state index >= 15 is 0 Å². The van der Waals surface area contributed by atoms with Crippen LogP contribution in [0.2, 0.25) is 0 Å². The summed E-state index contributed by atoms with van der Waals surface area (Å²) in [7, 11) is 1.52. The predicted octanol–water partition coefficient (Wildman–Crippen LogP) is -2.10. The Morgan fingerprint density at radius 3 is 2.81 bits per heavy atom. The van der Waals surface area contributed by atoms with E-state index in [0.29, 0.717) is 18.0 Å². The van der Waals surface area contributed by atoms with E-state index < -0.39 is 0 Å². The summed E-state index contributed by atoms with van der Waals surface area (Å²) in [6.45, 7) is 2.33. The zero-order valence-electron chi connectivity index (χ0n) is 12.1. The van der Waals surface area contributed by atoms with Gasteiger partial charge in [-0.25, -0.2) is 0 Å².